The van der Waals surface area contributed by atoms with Crippen LogP contribution in [0.1, 0.15) is 16.1 Å². The van der Waals surface area contributed by atoms with Crippen LogP contribution in [0.25, 0.3) is 0 Å². The van der Waals surface area contributed by atoms with E-state index in [0.717, 1.165) is 5.56 Å². The maximum Gasteiger partial charge on any atom is 0.271 e. The van der Waals surface area contributed by atoms with Gasteiger partial charge in [0.05, 0.1) is 0 Å². The summed E-state index contributed by atoms with van der Waals surface area (Å²) >= 11 is 0. The van der Waals surface area contributed by atoms with Crippen molar-refractivity contribution in [3.63, 3.8) is 0 Å². The normalized spacial score (nSPS) is 10.1. The van der Waals surface area contributed by atoms with Crippen molar-refractivity contribution < 1.29 is 9.63 Å². The molecule has 0 spiro atoms. The molecule has 0 saturated carbocycles. The average molecular weight is 232 g/mol. The molecule has 2 rings (SSSR count). The van der Waals surface area contributed by atoms with Gasteiger partial charge in [0, 0.05) is 0 Å². The highest BCUT2D eigenvalue weighted by Gasteiger charge is 2.13. The molecular formula is C11H12N4O2. The molecule has 0 aliphatic heterocycles. The molecule has 1 aromatic heterocycles. The number of nitrogen functional groups attached to an aromatic ring is 1. The van der Waals surface area contributed by atoms with Gasteiger partial charge in [-0.1, -0.05) is 30.3 Å². The standard InChI is InChI=1S/C11H12N4O2/c12-10-9(11(13)16)14-7-15(10)17-6-8-4-2-1-3-5-8/h1-5,7H,6,12H2,(H2,13,16). The first-order valence-electron chi connectivity index (χ1n) is 4.98. The summed E-state index contributed by atoms with van der Waals surface area (Å²) in [6.45, 7) is 0.333. The molecule has 0 fully saturated rings. The Bertz CT molecular complexity index is 522. The third-order valence-corrected chi connectivity index (χ3v) is 2.22. The number of carbonyl (C=O) groups excluding carboxylic acids is 1. The Kier molecular flexibility index (Phi) is 2.95. The van der Waals surface area contributed by atoms with E-state index in [4.69, 9.17) is 16.3 Å². The van der Waals surface area contributed by atoms with Gasteiger partial charge in [-0.15, -0.1) is 0 Å². The summed E-state index contributed by atoms with van der Waals surface area (Å²) in [5.74, 6) is -0.571. The van der Waals surface area contributed by atoms with Crippen molar-refractivity contribution >= 4 is 11.7 Å². The zero-order valence-corrected chi connectivity index (χ0v) is 9.04. The summed E-state index contributed by atoms with van der Waals surface area (Å²) in [4.78, 5) is 20.1. The predicted octanol–water partition coefficient (Wildman–Crippen LogP) is 0.193. The van der Waals surface area contributed by atoms with Crippen molar-refractivity contribution in [1.29, 1.82) is 0 Å². The third-order valence-electron chi connectivity index (χ3n) is 2.22. The number of nitrogens with two attached hydrogens (primary N) is 2. The molecule has 1 amide bonds. The molecule has 0 bridgehead atoms. The highest BCUT2D eigenvalue weighted by molar-refractivity contribution is 5.95. The van der Waals surface area contributed by atoms with E-state index < -0.39 is 5.91 Å². The van der Waals surface area contributed by atoms with Gasteiger partial charge in [0.1, 0.15) is 12.9 Å². The van der Waals surface area contributed by atoms with E-state index >= 15 is 0 Å². The van der Waals surface area contributed by atoms with Crippen molar-refractivity contribution in [1.82, 2.24) is 9.71 Å². The fourth-order valence-corrected chi connectivity index (χ4v) is 1.35. The molecule has 0 unspecified atom stereocenters. The monoisotopic (exact) mass is 232 g/mol. The van der Waals surface area contributed by atoms with Gasteiger partial charge >= 0.3 is 0 Å². The Morgan fingerprint density at radius 2 is 2.06 bits per heavy atom. The van der Waals surface area contributed by atoms with Crippen molar-refractivity contribution in [3.05, 3.63) is 47.9 Å². The SMILES string of the molecule is NC(=O)c1ncn(OCc2ccccc2)c1N. The molecule has 0 radical (unpaired) electrons. The second-order valence-electron chi connectivity index (χ2n) is 3.43. The zero-order valence-electron chi connectivity index (χ0n) is 9.04. The highest BCUT2D eigenvalue weighted by atomic mass is 16.7. The van der Waals surface area contributed by atoms with Crippen LogP contribution in [0, 0.1) is 0 Å². The molecule has 17 heavy (non-hydrogen) atoms. The van der Waals surface area contributed by atoms with Crippen molar-refractivity contribution in [2.45, 2.75) is 6.61 Å². The topological polar surface area (TPSA) is 96.2 Å². The molecule has 0 aliphatic rings. The largest absolute Gasteiger partial charge is 0.406 e. The summed E-state index contributed by atoms with van der Waals surface area (Å²) in [5.41, 5.74) is 11.7. The van der Waals surface area contributed by atoms with Crippen LogP contribution in [0.2, 0.25) is 0 Å². The number of aromatic nitrogens is 2. The van der Waals surface area contributed by atoms with Crippen LogP contribution in [0.15, 0.2) is 36.7 Å². The molecule has 1 heterocycles. The third kappa shape index (κ3) is 2.36. The lowest BCUT2D eigenvalue weighted by Crippen LogP contribution is -2.17. The number of hydrogen-bond donors (Lipinski definition) is 2. The number of amides is 1. The summed E-state index contributed by atoms with van der Waals surface area (Å²) in [5, 5.41) is 0. The van der Waals surface area contributed by atoms with Crippen LogP contribution < -0.4 is 16.3 Å². The van der Waals surface area contributed by atoms with E-state index in [1.54, 1.807) is 0 Å². The average Bonchev–Trinajstić information content (AvgIpc) is 2.69. The fraction of sp³-hybridized carbons (Fsp3) is 0.0909. The Morgan fingerprint density at radius 1 is 1.35 bits per heavy atom. The first-order chi connectivity index (χ1) is 8.18. The zero-order chi connectivity index (χ0) is 12.3. The van der Waals surface area contributed by atoms with Gasteiger partial charge < -0.3 is 16.3 Å². The van der Waals surface area contributed by atoms with Crippen LogP contribution in [-0.4, -0.2) is 15.6 Å². The quantitative estimate of drug-likeness (QED) is 0.786. The minimum Gasteiger partial charge on any atom is -0.406 e. The number of primary amides is 1. The fourth-order valence-electron chi connectivity index (χ4n) is 1.35. The van der Waals surface area contributed by atoms with Crippen LogP contribution in [0.4, 0.5) is 5.82 Å². The number of anilines is 1. The van der Waals surface area contributed by atoms with Crippen LogP contribution in [0.3, 0.4) is 0 Å². The van der Waals surface area contributed by atoms with Gasteiger partial charge in [0.15, 0.2) is 11.5 Å². The minimum atomic E-state index is -0.676. The lowest BCUT2D eigenvalue weighted by molar-refractivity contribution is 0.0977. The Balaban J connectivity index is 2.07. The minimum absolute atomic E-state index is 0.0121. The van der Waals surface area contributed by atoms with Gasteiger partial charge in [-0.25, -0.2) is 4.98 Å². The second kappa shape index (κ2) is 4.56. The molecule has 88 valence electrons. The van der Waals surface area contributed by atoms with E-state index in [1.807, 2.05) is 30.3 Å². The van der Waals surface area contributed by atoms with E-state index in [-0.39, 0.29) is 11.5 Å². The Hall–Kier alpha value is -2.50. The van der Waals surface area contributed by atoms with Gasteiger partial charge in [-0.05, 0) is 5.56 Å². The van der Waals surface area contributed by atoms with Crippen molar-refractivity contribution in [2.75, 3.05) is 5.73 Å². The van der Waals surface area contributed by atoms with Gasteiger partial charge in [0.25, 0.3) is 5.91 Å². The summed E-state index contributed by atoms with van der Waals surface area (Å²) in [7, 11) is 0. The number of hydrogen-bond acceptors (Lipinski definition) is 4. The summed E-state index contributed by atoms with van der Waals surface area (Å²) < 4.78 is 1.23. The Morgan fingerprint density at radius 3 is 2.65 bits per heavy atom. The highest BCUT2D eigenvalue weighted by Crippen LogP contribution is 2.08. The molecule has 0 saturated heterocycles. The predicted molar refractivity (Wildman–Crippen MR) is 61.9 cm³/mol. The second-order valence-corrected chi connectivity index (χ2v) is 3.43. The number of imidazole rings is 1. The van der Waals surface area contributed by atoms with Gasteiger partial charge in [-0.3, -0.25) is 4.79 Å². The molecule has 0 atom stereocenters. The van der Waals surface area contributed by atoms with Crippen LogP contribution >= 0.6 is 0 Å². The van der Waals surface area contributed by atoms with E-state index in [2.05, 4.69) is 4.98 Å². The van der Waals surface area contributed by atoms with E-state index in [9.17, 15) is 4.79 Å². The molecule has 6 heteroatoms. The number of rotatable bonds is 4. The molecule has 0 aliphatic carbocycles. The Labute approximate surface area is 97.8 Å². The van der Waals surface area contributed by atoms with Gasteiger partial charge in [0.2, 0.25) is 0 Å². The van der Waals surface area contributed by atoms with Crippen LogP contribution in [-0.2, 0) is 6.61 Å². The number of carbonyl (C=O) groups is 1. The molecule has 4 N–H and O–H groups in total. The molecule has 2 aromatic rings. The number of nitrogens with zero attached hydrogens (tertiary/aromatic N) is 2. The maximum atomic E-state index is 10.9. The first-order valence-corrected chi connectivity index (χ1v) is 4.98. The number of benzene rings is 1. The smallest absolute Gasteiger partial charge is 0.271 e. The lowest BCUT2D eigenvalue weighted by atomic mass is 10.2. The summed E-state index contributed by atoms with van der Waals surface area (Å²) in [6.07, 6.45) is 1.32. The molecule has 6 nitrogen and oxygen atoms in total. The van der Waals surface area contributed by atoms with Crippen molar-refractivity contribution in [2.24, 2.45) is 5.73 Å². The lowest BCUT2D eigenvalue weighted by Gasteiger charge is -2.07. The van der Waals surface area contributed by atoms with Gasteiger partial charge in [-0.2, -0.15) is 4.73 Å². The van der Waals surface area contributed by atoms with E-state index in [0.29, 0.717) is 6.61 Å². The first kappa shape index (κ1) is 11.0. The van der Waals surface area contributed by atoms with E-state index in [1.165, 1.54) is 11.1 Å². The molecule has 1 aromatic carbocycles. The van der Waals surface area contributed by atoms with Crippen LogP contribution in [0.5, 0.6) is 0 Å². The molecular weight excluding hydrogens is 220 g/mol. The summed E-state index contributed by atoms with van der Waals surface area (Å²) in [6, 6.07) is 9.57. The van der Waals surface area contributed by atoms with Crippen molar-refractivity contribution in [3.8, 4) is 0 Å². The maximum absolute atomic E-state index is 10.9.